The van der Waals surface area contributed by atoms with Crippen LogP contribution in [0.1, 0.15) is 0 Å². The molecule has 2 nitrogen and oxygen atoms in total. The molecule has 0 saturated carbocycles. The van der Waals surface area contributed by atoms with Gasteiger partial charge in [0.05, 0.1) is 13.2 Å². The zero-order valence-electron chi connectivity index (χ0n) is 6.13. The van der Waals surface area contributed by atoms with Gasteiger partial charge in [-0.05, 0) is 12.5 Å². The predicted molar refractivity (Wildman–Crippen MR) is 43.2 cm³/mol. The van der Waals surface area contributed by atoms with Gasteiger partial charge in [-0.2, -0.15) is 0 Å². The van der Waals surface area contributed by atoms with Gasteiger partial charge in [0.1, 0.15) is 0 Å². The fraction of sp³-hybridized carbons (Fsp3) is 1.00. The van der Waals surface area contributed by atoms with Crippen LogP contribution in [0.2, 0.25) is 0 Å². The van der Waals surface area contributed by atoms with E-state index in [2.05, 4.69) is 16.8 Å². The molecule has 0 aromatic rings. The van der Waals surface area contributed by atoms with Gasteiger partial charge in [-0.3, -0.25) is 4.31 Å². The molecule has 1 fully saturated rings. The van der Waals surface area contributed by atoms with Crippen LogP contribution in [0.4, 0.5) is 0 Å². The van der Waals surface area contributed by atoms with Crippen LogP contribution in [0.3, 0.4) is 0 Å². The second kappa shape index (κ2) is 3.44. The van der Waals surface area contributed by atoms with Gasteiger partial charge in [-0.15, -0.1) is 0 Å². The van der Waals surface area contributed by atoms with Crippen molar-refractivity contribution in [2.75, 3.05) is 38.8 Å². The van der Waals surface area contributed by atoms with Crippen LogP contribution >= 0.6 is 11.1 Å². The number of ether oxygens (including phenoxy) is 1. The Morgan fingerprint density at radius 2 is 1.78 bits per heavy atom. The molecule has 0 bridgehead atoms. The van der Waals surface area contributed by atoms with Crippen molar-refractivity contribution < 1.29 is 4.74 Å². The van der Waals surface area contributed by atoms with Gasteiger partial charge >= 0.3 is 0 Å². The maximum Gasteiger partial charge on any atom is 0.0602 e. The van der Waals surface area contributed by atoms with Crippen molar-refractivity contribution in [1.29, 1.82) is 0 Å². The van der Waals surface area contributed by atoms with E-state index in [-0.39, 0.29) is 11.1 Å². The van der Waals surface area contributed by atoms with Crippen molar-refractivity contribution in [2.45, 2.75) is 0 Å². The summed E-state index contributed by atoms with van der Waals surface area (Å²) in [4.78, 5) is 0. The minimum atomic E-state index is 0.135. The molecule has 0 atom stereocenters. The van der Waals surface area contributed by atoms with E-state index in [0.717, 1.165) is 26.3 Å². The van der Waals surface area contributed by atoms with E-state index in [1.54, 1.807) is 0 Å². The molecule has 1 rings (SSSR count). The largest absolute Gasteiger partial charge is 0.379 e. The number of hydrogen-bond donors (Lipinski definition) is 1. The zero-order valence-corrected chi connectivity index (χ0v) is 7.03. The van der Waals surface area contributed by atoms with Gasteiger partial charge in [0.15, 0.2) is 0 Å². The van der Waals surface area contributed by atoms with E-state index in [9.17, 15) is 0 Å². The molecule has 1 saturated heterocycles. The van der Waals surface area contributed by atoms with Gasteiger partial charge in [-0.1, -0.05) is 0 Å². The van der Waals surface area contributed by atoms with E-state index in [1.807, 2.05) is 0 Å². The minimum Gasteiger partial charge on any atom is -0.379 e. The van der Waals surface area contributed by atoms with Crippen LogP contribution in [0.15, 0.2) is 0 Å². The number of nitrogens with zero attached hydrogens (tertiary/aromatic N) is 1. The van der Waals surface area contributed by atoms with Gasteiger partial charge in [0.25, 0.3) is 0 Å². The lowest BCUT2D eigenvalue weighted by molar-refractivity contribution is 0.0767. The summed E-state index contributed by atoms with van der Waals surface area (Å²) in [5.74, 6) is 0. The standard InChI is InChI=1S/C6H15NOS/c1-9(2)7-3-5-8-6-4-7/h9H,3-6H2,1-2H3. The first kappa shape index (κ1) is 7.38. The topological polar surface area (TPSA) is 12.5 Å². The van der Waals surface area contributed by atoms with E-state index in [1.165, 1.54) is 0 Å². The molecule has 0 aromatic carbocycles. The first-order valence-corrected chi connectivity index (χ1v) is 5.49. The number of hydrogen-bond acceptors (Lipinski definition) is 2. The van der Waals surface area contributed by atoms with Crippen molar-refractivity contribution in [2.24, 2.45) is 0 Å². The van der Waals surface area contributed by atoms with Crippen molar-refractivity contribution in [3.8, 4) is 0 Å². The highest BCUT2D eigenvalue weighted by Gasteiger charge is 2.09. The van der Waals surface area contributed by atoms with Gasteiger partial charge in [0.2, 0.25) is 0 Å². The predicted octanol–water partition coefficient (Wildman–Crippen LogP) is 0.494. The number of rotatable bonds is 1. The van der Waals surface area contributed by atoms with Crippen molar-refractivity contribution in [3.63, 3.8) is 0 Å². The number of morpholine rings is 1. The molecule has 9 heavy (non-hydrogen) atoms. The summed E-state index contributed by atoms with van der Waals surface area (Å²) in [6.07, 6.45) is 4.58. The Morgan fingerprint density at radius 3 is 2.11 bits per heavy atom. The van der Waals surface area contributed by atoms with Gasteiger partial charge in [-0.25, -0.2) is 11.1 Å². The normalized spacial score (nSPS) is 24.0. The van der Waals surface area contributed by atoms with E-state index in [4.69, 9.17) is 4.74 Å². The molecular weight excluding hydrogens is 134 g/mol. The Hall–Kier alpha value is 0.270. The van der Waals surface area contributed by atoms with Crippen molar-refractivity contribution >= 4 is 11.1 Å². The zero-order chi connectivity index (χ0) is 6.69. The maximum atomic E-state index is 5.22. The Morgan fingerprint density at radius 1 is 1.22 bits per heavy atom. The fourth-order valence-corrected chi connectivity index (χ4v) is 1.92. The van der Waals surface area contributed by atoms with Crippen LogP contribution in [-0.2, 0) is 4.74 Å². The van der Waals surface area contributed by atoms with Gasteiger partial charge in [0, 0.05) is 13.1 Å². The molecule has 0 aliphatic carbocycles. The van der Waals surface area contributed by atoms with E-state index in [0.29, 0.717) is 0 Å². The summed E-state index contributed by atoms with van der Waals surface area (Å²) in [5, 5.41) is 0. The fourth-order valence-electron chi connectivity index (χ4n) is 0.954. The lowest BCUT2D eigenvalue weighted by Gasteiger charge is -2.32. The third kappa shape index (κ3) is 2.16. The Balaban J connectivity index is 2.23. The molecule has 0 aromatic heterocycles. The van der Waals surface area contributed by atoms with Crippen LogP contribution in [0.25, 0.3) is 0 Å². The van der Waals surface area contributed by atoms with E-state index < -0.39 is 0 Å². The van der Waals surface area contributed by atoms with Crippen LogP contribution in [0.5, 0.6) is 0 Å². The summed E-state index contributed by atoms with van der Waals surface area (Å²) < 4.78 is 7.72. The van der Waals surface area contributed by atoms with Crippen LogP contribution in [-0.4, -0.2) is 43.1 Å². The third-order valence-corrected chi connectivity index (χ3v) is 3.08. The molecule has 56 valence electrons. The SMILES string of the molecule is C[SH](C)N1CCOCC1. The summed E-state index contributed by atoms with van der Waals surface area (Å²) in [5.41, 5.74) is 0. The molecule has 0 radical (unpaired) electrons. The summed E-state index contributed by atoms with van der Waals surface area (Å²) in [7, 11) is 0. The maximum absolute atomic E-state index is 5.22. The lowest BCUT2D eigenvalue weighted by atomic mass is 10.5. The molecule has 0 amide bonds. The monoisotopic (exact) mass is 149 g/mol. The van der Waals surface area contributed by atoms with Crippen molar-refractivity contribution in [3.05, 3.63) is 0 Å². The summed E-state index contributed by atoms with van der Waals surface area (Å²) in [6, 6.07) is 0. The molecule has 1 aliphatic heterocycles. The third-order valence-electron chi connectivity index (χ3n) is 1.55. The van der Waals surface area contributed by atoms with E-state index >= 15 is 0 Å². The summed E-state index contributed by atoms with van der Waals surface area (Å²) in [6.45, 7) is 4.14. The highest BCUT2D eigenvalue weighted by Crippen LogP contribution is 2.21. The second-order valence-electron chi connectivity index (χ2n) is 2.41. The average Bonchev–Trinajstić information content (AvgIpc) is 1.90. The number of thiol groups is 1. The molecule has 0 spiro atoms. The Labute approximate surface area is 59.7 Å². The summed E-state index contributed by atoms with van der Waals surface area (Å²) >= 11 is 0.135. The molecule has 3 heteroatoms. The highest BCUT2D eigenvalue weighted by atomic mass is 32.2. The average molecular weight is 149 g/mol. The molecule has 1 heterocycles. The van der Waals surface area contributed by atoms with Crippen LogP contribution < -0.4 is 0 Å². The molecule has 0 N–H and O–H groups in total. The highest BCUT2D eigenvalue weighted by molar-refractivity contribution is 8.13. The first-order chi connectivity index (χ1) is 4.30. The quantitative estimate of drug-likeness (QED) is 0.545. The molecular formula is C6H15NOS. The molecule has 1 aliphatic rings. The van der Waals surface area contributed by atoms with Gasteiger partial charge < -0.3 is 4.74 Å². The smallest absolute Gasteiger partial charge is 0.0602 e. The molecule has 0 unspecified atom stereocenters. The minimum absolute atomic E-state index is 0.135. The Kier molecular flexibility index (Phi) is 2.82. The first-order valence-electron chi connectivity index (χ1n) is 3.30. The second-order valence-corrected chi connectivity index (χ2v) is 4.67. The Bertz CT molecular complexity index is 81.1. The van der Waals surface area contributed by atoms with Crippen molar-refractivity contribution in [1.82, 2.24) is 4.31 Å². The van der Waals surface area contributed by atoms with Crippen LogP contribution in [0, 0.1) is 0 Å². The lowest BCUT2D eigenvalue weighted by Crippen LogP contribution is -2.33.